The average molecular weight is 452 g/mol. The summed E-state index contributed by atoms with van der Waals surface area (Å²) in [6, 6.07) is 26.0. The lowest BCUT2D eigenvalue weighted by Crippen LogP contribution is -2.16. The second kappa shape index (κ2) is 9.73. The fourth-order valence-corrected chi connectivity index (χ4v) is 3.41. The first kappa shape index (κ1) is 21.0. The SMILES string of the molecule is O=c1cc(COc2ccccc2)n(Cc2ccccc2)cc1Oc1cccc(Cl)c1Cl. The number of pyridine rings is 1. The van der Waals surface area contributed by atoms with E-state index in [-0.39, 0.29) is 22.8 Å². The van der Waals surface area contributed by atoms with Crippen LogP contribution in [0.5, 0.6) is 17.2 Å². The predicted octanol–water partition coefficient (Wildman–Crippen LogP) is 6.57. The molecule has 0 aliphatic rings. The van der Waals surface area contributed by atoms with Gasteiger partial charge in [0.25, 0.3) is 0 Å². The molecular weight excluding hydrogens is 433 g/mol. The van der Waals surface area contributed by atoms with Crippen molar-refractivity contribution in [3.05, 3.63) is 123 Å². The number of hydrogen-bond donors (Lipinski definition) is 0. The van der Waals surface area contributed by atoms with Crippen LogP contribution in [0.3, 0.4) is 0 Å². The molecule has 1 aromatic heterocycles. The first-order valence-electron chi connectivity index (χ1n) is 9.67. The quantitative estimate of drug-likeness (QED) is 0.318. The van der Waals surface area contributed by atoms with E-state index in [1.54, 1.807) is 24.4 Å². The minimum absolute atomic E-state index is 0.156. The highest BCUT2D eigenvalue weighted by Crippen LogP contribution is 2.33. The molecule has 4 rings (SSSR count). The third-order valence-electron chi connectivity index (χ3n) is 4.64. The summed E-state index contributed by atoms with van der Waals surface area (Å²) in [6.45, 7) is 0.790. The summed E-state index contributed by atoms with van der Waals surface area (Å²) in [5.74, 6) is 1.21. The Kier molecular flexibility index (Phi) is 6.60. The molecule has 6 heteroatoms. The number of rotatable bonds is 7. The summed E-state index contributed by atoms with van der Waals surface area (Å²) in [4.78, 5) is 12.8. The van der Waals surface area contributed by atoms with E-state index in [0.29, 0.717) is 17.3 Å². The van der Waals surface area contributed by atoms with Crippen molar-refractivity contribution in [3.63, 3.8) is 0 Å². The van der Waals surface area contributed by atoms with Gasteiger partial charge in [-0.1, -0.05) is 77.8 Å². The van der Waals surface area contributed by atoms with Gasteiger partial charge in [-0.15, -0.1) is 0 Å². The topological polar surface area (TPSA) is 40.5 Å². The molecule has 0 atom stereocenters. The van der Waals surface area contributed by atoms with Crippen LogP contribution in [0, 0.1) is 0 Å². The first-order valence-corrected chi connectivity index (χ1v) is 10.4. The summed E-state index contributed by atoms with van der Waals surface area (Å²) in [7, 11) is 0. The highest BCUT2D eigenvalue weighted by atomic mass is 35.5. The Morgan fingerprint density at radius 3 is 2.26 bits per heavy atom. The number of nitrogens with zero attached hydrogens (tertiary/aromatic N) is 1. The van der Waals surface area contributed by atoms with Gasteiger partial charge in [0.15, 0.2) is 5.75 Å². The molecule has 0 saturated carbocycles. The van der Waals surface area contributed by atoms with E-state index in [4.69, 9.17) is 32.7 Å². The summed E-state index contributed by atoms with van der Waals surface area (Å²) in [6.07, 6.45) is 1.68. The van der Waals surface area contributed by atoms with Gasteiger partial charge >= 0.3 is 0 Å². The maximum Gasteiger partial charge on any atom is 0.224 e. The van der Waals surface area contributed by atoms with Crippen LogP contribution < -0.4 is 14.9 Å². The van der Waals surface area contributed by atoms with Crippen molar-refractivity contribution in [1.82, 2.24) is 4.57 Å². The fraction of sp³-hybridized carbons (Fsp3) is 0.0800. The van der Waals surface area contributed by atoms with E-state index < -0.39 is 0 Å². The first-order chi connectivity index (χ1) is 15.1. The number of halogens is 2. The number of hydrogen-bond acceptors (Lipinski definition) is 3. The van der Waals surface area contributed by atoms with Crippen LogP contribution in [0.4, 0.5) is 0 Å². The maximum absolute atomic E-state index is 12.8. The van der Waals surface area contributed by atoms with Crippen LogP contribution in [0.2, 0.25) is 10.0 Å². The summed E-state index contributed by atoms with van der Waals surface area (Å²) in [5.41, 5.74) is 1.54. The second-order valence-electron chi connectivity index (χ2n) is 6.86. The summed E-state index contributed by atoms with van der Waals surface area (Å²) >= 11 is 12.3. The molecule has 0 bridgehead atoms. The molecule has 0 saturated heterocycles. The van der Waals surface area contributed by atoms with E-state index in [2.05, 4.69) is 0 Å². The van der Waals surface area contributed by atoms with Crippen molar-refractivity contribution in [3.8, 4) is 17.2 Å². The molecular formula is C25H19Cl2NO3. The largest absolute Gasteiger partial charge is 0.487 e. The zero-order valence-electron chi connectivity index (χ0n) is 16.5. The summed E-state index contributed by atoms with van der Waals surface area (Å²) in [5, 5.41) is 0.617. The Hall–Kier alpha value is -3.21. The van der Waals surface area contributed by atoms with Crippen molar-refractivity contribution in [1.29, 1.82) is 0 Å². The highest BCUT2D eigenvalue weighted by Gasteiger charge is 2.13. The molecule has 0 radical (unpaired) electrons. The van der Waals surface area contributed by atoms with Crippen LogP contribution in [0.25, 0.3) is 0 Å². The van der Waals surface area contributed by atoms with Crippen LogP contribution in [0.1, 0.15) is 11.3 Å². The van der Waals surface area contributed by atoms with Crippen molar-refractivity contribution >= 4 is 23.2 Å². The predicted molar refractivity (Wildman–Crippen MR) is 124 cm³/mol. The number of benzene rings is 3. The van der Waals surface area contributed by atoms with Crippen molar-refractivity contribution in [2.45, 2.75) is 13.2 Å². The lowest BCUT2D eigenvalue weighted by molar-refractivity contribution is 0.294. The van der Waals surface area contributed by atoms with Crippen LogP contribution in [0.15, 0.2) is 95.9 Å². The van der Waals surface area contributed by atoms with E-state index in [1.165, 1.54) is 6.07 Å². The van der Waals surface area contributed by atoms with Crippen LogP contribution in [-0.2, 0) is 13.2 Å². The maximum atomic E-state index is 12.8. The van der Waals surface area contributed by atoms with Gasteiger partial charge in [0, 0.05) is 12.6 Å². The lowest BCUT2D eigenvalue weighted by Gasteiger charge is -2.17. The standard InChI is InChI=1S/C25H19Cl2NO3/c26-21-12-7-13-23(25(21)27)31-24-16-28(15-18-8-3-1-4-9-18)19(14-22(24)29)17-30-20-10-5-2-6-11-20/h1-14,16H,15,17H2. The van der Waals surface area contributed by atoms with Crippen molar-refractivity contribution in [2.75, 3.05) is 0 Å². The van der Waals surface area contributed by atoms with Gasteiger partial charge in [-0.05, 0) is 29.8 Å². The van der Waals surface area contributed by atoms with Crippen molar-refractivity contribution in [2.24, 2.45) is 0 Å². The van der Waals surface area contributed by atoms with Gasteiger partial charge < -0.3 is 14.0 Å². The molecule has 0 aliphatic carbocycles. The van der Waals surface area contributed by atoms with Gasteiger partial charge in [-0.3, -0.25) is 4.79 Å². The van der Waals surface area contributed by atoms with Gasteiger partial charge in [-0.2, -0.15) is 0 Å². The Bertz CT molecular complexity index is 1220. The average Bonchev–Trinajstić information content (AvgIpc) is 2.79. The van der Waals surface area contributed by atoms with E-state index in [1.807, 2.05) is 65.2 Å². The zero-order chi connectivity index (χ0) is 21.6. The molecule has 4 aromatic rings. The third-order valence-corrected chi connectivity index (χ3v) is 5.45. The number of aromatic nitrogens is 1. The second-order valence-corrected chi connectivity index (χ2v) is 7.65. The molecule has 0 aliphatic heterocycles. The van der Waals surface area contributed by atoms with E-state index in [9.17, 15) is 4.79 Å². The Morgan fingerprint density at radius 1 is 0.806 bits per heavy atom. The van der Waals surface area contributed by atoms with E-state index >= 15 is 0 Å². The number of para-hydroxylation sites is 1. The fourth-order valence-electron chi connectivity index (χ4n) is 3.08. The molecule has 0 unspecified atom stereocenters. The van der Waals surface area contributed by atoms with Gasteiger partial charge in [-0.25, -0.2) is 0 Å². The number of ether oxygens (including phenoxy) is 2. The zero-order valence-corrected chi connectivity index (χ0v) is 18.0. The lowest BCUT2D eigenvalue weighted by atomic mass is 10.2. The minimum Gasteiger partial charge on any atom is -0.487 e. The Labute approximate surface area is 190 Å². The van der Waals surface area contributed by atoms with Gasteiger partial charge in [0.05, 0.1) is 16.9 Å². The molecule has 156 valence electrons. The molecule has 0 fully saturated rings. The molecule has 1 heterocycles. The van der Waals surface area contributed by atoms with E-state index in [0.717, 1.165) is 17.0 Å². The molecule has 0 amide bonds. The summed E-state index contributed by atoms with van der Waals surface area (Å²) < 4.78 is 13.6. The molecule has 3 aromatic carbocycles. The minimum atomic E-state index is -0.271. The van der Waals surface area contributed by atoms with Gasteiger partial charge in [0.1, 0.15) is 23.1 Å². The molecule has 0 spiro atoms. The molecule has 4 nitrogen and oxygen atoms in total. The molecule has 0 N–H and O–H groups in total. The monoisotopic (exact) mass is 451 g/mol. The van der Waals surface area contributed by atoms with Crippen molar-refractivity contribution < 1.29 is 9.47 Å². The van der Waals surface area contributed by atoms with Crippen LogP contribution >= 0.6 is 23.2 Å². The van der Waals surface area contributed by atoms with Crippen LogP contribution in [-0.4, -0.2) is 4.57 Å². The Morgan fingerprint density at radius 2 is 1.52 bits per heavy atom. The van der Waals surface area contributed by atoms with Gasteiger partial charge in [0.2, 0.25) is 5.43 Å². The Balaban J connectivity index is 1.67. The normalized spacial score (nSPS) is 10.6. The molecule has 31 heavy (non-hydrogen) atoms. The smallest absolute Gasteiger partial charge is 0.224 e. The third kappa shape index (κ3) is 5.29. The highest BCUT2D eigenvalue weighted by molar-refractivity contribution is 6.42.